The van der Waals surface area contributed by atoms with E-state index in [0.717, 1.165) is 17.7 Å². The number of carbonyl (C=O) groups excluding carboxylic acids is 1. The Hall–Kier alpha value is -1.51. The second-order valence-corrected chi connectivity index (χ2v) is 4.39. The zero-order chi connectivity index (χ0) is 12.8. The molecule has 0 unspecified atom stereocenters. The van der Waals surface area contributed by atoms with Crippen molar-refractivity contribution in [2.75, 3.05) is 0 Å². The van der Waals surface area contributed by atoms with Crippen molar-refractivity contribution in [3.05, 3.63) is 29.8 Å². The molecule has 1 amide bonds. The molecule has 2 atom stereocenters. The van der Waals surface area contributed by atoms with Crippen LogP contribution in [-0.4, -0.2) is 18.1 Å². The molecule has 0 aliphatic heterocycles. The van der Waals surface area contributed by atoms with Crippen molar-refractivity contribution >= 4 is 5.91 Å². The molecule has 1 aromatic rings. The maximum absolute atomic E-state index is 11.8. The molecular formula is C14H21NO2. The van der Waals surface area contributed by atoms with E-state index in [-0.39, 0.29) is 11.9 Å². The zero-order valence-corrected chi connectivity index (χ0v) is 11.0. The molecule has 0 aromatic heterocycles. The largest absolute Gasteiger partial charge is 0.481 e. The zero-order valence-electron chi connectivity index (χ0n) is 11.0. The van der Waals surface area contributed by atoms with Crippen molar-refractivity contribution in [2.45, 2.75) is 46.3 Å². The van der Waals surface area contributed by atoms with Crippen LogP contribution in [0.2, 0.25) is 0 Å². The highest BCUT2D eigenvalue weighted by Crippen LogP contribution is 2.14. The Kier molecular flexibility index (Phi) is 5.01. The number of hydrogen-bond acceptors (Lipinski definition) is 2. The molecule has 3 heteroatoms. The third-order valence-corrected chi connectivity index (χ3v) is 2.67. The van der Waals surface area contributed by atoms with E-state index in [2.05, 4.69) is 5.32 Å². The molecule has 3 nitrogen and oxygen atoms in total. The summed E-state index contributed by atoms with van der Waals surface area (Å²) in [6.07, 6.45) is 0.453. The molecule has 0 saturated carbocycles. The maximum Gasteiger partial charge on any atom is 0.260 e. The van der Waals surface area contributed by atoms with Gasteiger partial charge in [0.05, 0.1) is 0 Å². The monoisotopic (exact) mass is 235 g/mol. The van der Waals surface area contributed by atoms with Crippen molar-refractivity contribution < 1.29 is 9.53 Å². The van der Waals surface area contributed by atoms with Crippen molar-refractivity contribution in [3.8, 4) is 5.75 Å². The summed E-state index contributed by atoms with van der Waals surface area (Å²) in [4.78, 5) is 11.8. The van der Waals surface area contributed by atoms with E-state index in [9.17, 15) is 4.79 Å². The highest BCUT2D eigenvalue weighted by Gasteiger charge is 2.15. The summed E-state index contributed by atoms with van der Waals surface area (Å²) in [5, 5.41) is 2.90. The van der Waals surface area contributed by atoms with Gasteiger partial charge in [-0.1, -0.05) is 19.1 Å². The van der Waals surface area contributed by atoms with Crippen LogP contribution in [0.25, 0.3) is 0 Å². The van der Waals surface area contributed by atoms with Gasteiger partial charge < -0.3 is 10.1 Å². The smallest absolute Gasteiger partial charge is 0.260 e. The Morgan fingerprint density at radius 1 is 1.41 bits per heavy atom. The molecule has 0 saturated heterocycles. The first-order valence-electron chi connectivity index (χ1n) is 6.06. The second-order valence-electron chi connectivity index (χ2n) is 4.39. The molecule has 0 bridgehead atoms. The van der Waals surface area contributed by atoms with Gasteiger partial charge >= 0.3 is 0 Å². The topological polar surface area (TPSA) is 38.3 Å². The average Bonchev–Trinajstić information content (AvgIpc) is 2.28. The fraction of sp³-hybridized carbons (Fsp3) is 0.500. The Labute approximate surface area is 103 Å². The minimum atomic E-state index is -0.467. The summed E-state index contributed by atoms with van der Waals surface area (Å²) in [7, 11) is 0. The molecular weight excluding hydrogens is 214 g/mol. The Bertz CT molecular complexity index is 376. The number of amides is 1. The summed E-state index contributed by atoms with van der Waals surface area (Å²) >= 11 is 0. The molecule has 0 heterocycles. The van der Waals surface area contributed by atoms with E-state index < -0.39 is 6.10 Å². The lowest BCUT2D eigenvalue weighted by Gasteiger charge is -2.17. The third kappa shape index (κ3) is 4.47. The Morgan fingerprint density at radius 3 is 2.71 bits per heavy atom. The lowest BCUT2D eigenvalue weighted by atomic mass is 10.2. The van der Waals surface area contributed by atoms with Gasteiger partial charge in [-0.25, -0.2) is 0 Å². The van der Waals surface area contributed by atoms with E-state index in [1.165, 1.54) is 0 Å². The van der Waals surface area contributed by atoms with Crippen LogP contribution in [0.15, 0.2) is 24.3 Å². The van der Waals surface area contributed by atoms with Crippen LogP contribution in [0.1, 0.15) is 32.8 Å². The minimum absolute atomic E-state index is 0.0687. The summed E-state index contributed by atoms with van der Waals surface area (Å²) in [5.41, 5.74) is 1.12. The van der Waals surface area contributed by atoms with E-state index in [1.807, 2.05) is 45.0 Å². The number of rotatable bonds is 5. The number of aryl methyl sites for hydroxylation is 1. The normalized spacial score (nSPS) is 13.9. The first-order chi connectivity index (χ1) is 8.02. The van der Waals surface area contributed by atoms with Gasteiger partial charge in [-0.15, -0.1) is 0 Å². The van der Waals surface area contributed by atoms with Gasteiger partial charge in [0.25, 0.3) is 5.91 Å². The fourth-order valence-corrected chi connectivity index (χ4v) is 1.41. The van der Waals surface area contributed by atoms with Crippen LogP contribution in [0.5, 0.6) is 5.75 Å². The molecule has 17 heavy (non-hydrogen) atoms. The lowest BCUT2D eigenvalue weighted by Crippen LogP contribution is -2.40. The number of hydrogen-bond donors (Lipinski definition) is 1. The van der Waals surface area contributed by atoms with Crippen LogP contribution in [-0.2, 0) is 4.79 Å². The Balaban J connectivity index is 2.54. The molecule has 94 valence electrons. The first kappa shape index (κ1) is 13.6. The highest BCUT2D eigenvalue weighted by atomic mass is 16.5. The van der Waals surface area contributed by atoms with Gasteiger partial charge in [-0.2, -0.15) is 0 Å². The number of ether oxygens (including phenoxy) is 1. The van der Waals surface area contributed by atoms with E-state index in [0.29, 0.717) is 0 Å². The predicted molar refractivity (Wildman–Crippen MR) is 69.2 cm³/mol. The van der Waals surface area contributed by atoms with Crippen LogP contribution >= 0.6 is 0 Å². The van der Waals surface area contributed by atoms with Gasteiger partial charge in [0, 0.05) is 6.04 Å². The van der Waals surface area contributed by atoms with E-state index in [4.69, 9.17) is 4.74 Å². The molecule has 1 aromatic carbocycles. The van der Waals surface area contributed by atoms with Gasteiger partial charge in [-0.3, -0.25) is 4.79 Å². The minimum Gasteiger partial charge on any atom is -0.481 e. The number of nitrogens with one attached hydrogen (secondary N) is 1. The molecule has 0 radical (unpaired) electrons. The number of carbonyl (C=O) groups is 1. The SMILES string of the molecule is CC[C@H](C)NC(=O)[C@@H](C)Oc1cccc(C)c1. The predicted octanol–water partition coefficient (Wildman–Crippen LogP) is 2.68. The average molecular weight is 235 g/mol. The fourth-order valence-electron chi connectivity index (χ4n) is 1.41. The molecule has 1 rings (SSSR count). The lowest BCUT2D eigenvalue weighted by molar-refractivity contribution is -0.127. The van der Waals surface area contributed by atoms with Gasteiger partial charge in [0.2, 0.25) is 0 Å². The van der Waals surface area contributed by atoms with Gasteiger partial charge in [0.1, 0.15) is 5.75 Å². The van der Waals surface area contributed by atoms with Crippen molar-refractivity contribution in [2.24, 2.45) is 0 Å². The van der Waals surface area contributed by atoms with Gasteiger partial charge in [0.15, 0.2) is 6.10 Å². The number of benzene rings is 1. The van der Waals surface area contributed by atoms with Crippen LogP contribution < -0.4 is 10.1 Å². The van der Waals surface area contributed by atoms with Crippen molar-refractivity contribution in [1.82, 2.24) is 5.32 Å². The van der Waals surface area contributed by atoms with E-state index >= 15 is 0 Å². The molecule has 0 aliphatic rings. The molecule has 0 spiro atoms. The van der Waals surface area contributed by atoms with E-state index in [1.54, 1.807) is 6.92 Å². The molecule has 0 fully saturated rings. The van der Waals surface area contributed by atoms with Crippen molar-refractivity contribution in [3.63, 3.8) is 0 Å². The van der Waals surface area contributed by atoms with Crippen molar-refractivity contribution in [1.29, 1.82) is 0 Å². The summed E-state index contributed by atoms with van der Waals surface area (Å²) in [5.74, 6) is 0.664. The first-order valence-corrected chi connectivity index (χ1v) is 6.06. The standard InChI is InChI=1S/C14H21NO2/c1-5-11(3)15-14(16)12(4)17-13-8-6-7-10(2)9-13/h6-9,11-12H,5H2,1-4H3,(H,15,16)/t11-,12+/m0/s1. The van der Waals surface area contributed by atoms with Gasteiger partial charge in [-0.05, 0) is 44.9 Å². The summed E-state index contributed by atoms with van der Waals surface area (Å²) in [6.45, 7) is 7.78. The second kappa shape index (κ2) is 6.28. The molecule has 1 N–H and O–H groups in total. The van der Waals surface area contributed by atoms with Crippen LogP contribution in [0, 0.1) is 6.92 Å². The quantitative estimate of drug-likeness (QED) is 0.852. The Morgan fingerprint density at radius 2 is 2.12 bits per heavy atom. The summed E-state index contributed by atoms with van der Waals surface area (Å²) in [6, 6.07) is 7.89. The van der Waals surface area contributed by atoms with Crippen LogP contribution in [0.3, 0.4) is 0 Å². The highest BCUT2D eigenvalue weighted by molar-refractivity contribution is 5.80. The molecule has 0 aliphatic carbocycles. The summed E-state index contributed by atoms with van der Waals surface area (Å²) < 4.78 is 5.59. The third-order valence-electron chi connectivity index (χ3n) is 2.67. The maximum atomic E-state index is 11.8. The van der Waals surface area contributed by atoms with Crippen LogP contribution in [0.4, 0.5) is 0 Å².